The van der Waals surface area contributed by atoms with E-state index in [1.807, 2.05) is 12.1 Å². The van der Waals surface area contributed by atoms with Crippen LogP contribution in [-0.4, -0.2) is 35.2 Å². The summed E-state index contributed by atoms with van der Waals surface area (Å²) in [7, 11) is -1.38. The molecule has 1 aromatic carbocycles. The highest BCUT2D eigenvalue weighted by atomic mass is 16.4. The summed E-state index contributed by atoms with van der Waals surface area (Å²) < 4.78 is 0. The molecule has 4 heteroatoms. The molecule has 88 valence electrons. The van der Waals surface area contributed by atoms with E-state index in [4.69, 9.17) is 10.0 Å². The molecule has 0 spiro atoms. The van der Waals surface area contributed by atoms with Crippen LogP contribution in [0, 0.1) is 0 Å². The number of hydrogen-bond acceptors (Lipinski definition) is 3. The van der Waals surface area contributed by atoms with E-state index in [2.05, 4.69) is 25.7 Å². The minimum atomic E-state index is -1.38. The third-order valence-corrected chi connectivity index (χ3v) is 3.08. The van der Waals surface area contributed by atoms with Crippen molar-refractivity contribution < 1.29 is 10.0 Å². The van der Waals surface area contributed by atoms with Gasteiger partial charge in [0.25, 0.3) is 0 Å². The van der Waals surface area contributed by atoms with E-state index in [-0.39, 0.29) is 0 Å². The molecule has 0 aliphatic rings. The fourth-order valence-corrected chi connectivity index (χ4v) is 1.93. The first-order chi connectivity index (χ1) is 7.60. The van der Waals surface area contributed by atoms with Crippen LogP contribution in [0.5, 0.6) is 0 Å². The highest BCUT2D eigenvalue weighted by Gasteiger charge is 2.14. The van der Waals surface area contributed by atoms with Crippen LogP contribution in [-0.2, 0) is 0 Å². The van der Waals surface area contributed by atoms with Crippen molar-refractivity contribution in [1.82, 2.24) is 4.90 Å². The summed E-state index contributed by atoms with van der Waals surface area (Å²) in [4.78, 5) is 2.35. The van der Waals surface area contributed by atoms with Gasteiger partial charge in [0.1, 0.15) is 0 Å². The first-order valence-corrected chi connectivity index (χ1v) is 5.80. The lowest BCUT2D eigenvalue weighted by atomic mass is 9.80. The van der Waals surface area contributed by atoms with Crippen LogP contribution in [0.15, 0.2) is 24.3 Å². The number of nitrogens with zero attached hydrogens (tertiary/aromatic N) is 1. The van der Waals surface area contributed by atoms with Gasteiger partial charge in [-0.05, 0) is 31.0 Å². The SMILES string of the molecule is CCN(CC)C(C)c1ccc(B(O)O)cc1. The van der Waals surface area contributed by atoms with Gasteiger partial charge in [-0.15, -0.1) is 0 Å². The van der Waals surface area contributed by atoms with Crippen molar-refractivity contribution >= 4 is 12.6 Å². The number of hydrogen-bond donors (Lipinski definition) is 2. The average Bonchev–Trinajstić information content (AvgIpc) is 2.30. The molecule has 0 fully saturated rings. The maximum absolute atomic E-state index is 9.00. The molecule has 1 atom stereocenters. The Hall–Kier alpha value is -0.835. The van der Waals surface area contributed by atoms with E-state index >= 15 is 0 Å². The quantitative estimate of drug-likeness (QED) is 0.722. The highest BCUT2D eigenvalue weighted by molar-refractivity contribution is 6.58. The summed E-state index contributed by atoms with van der Waals surface area (Å²) in [5.74, 6) is 0. The summed E-state index contributed by atoms with van der Waals surface area (Å²) in [5.41, 5.74) is 1.74. The van der Waals surface area contributed by atoms with Crippen LogP contribution >= 0.6 is 0 Å². The fraction of sp³-hybridized carbons (Fsp3) is 0.500. The molecule has 0 saturated carbocycles. The van der Waals surface area contributed by atoms with Gasteiger partial charge in [-0.1, -0.05) is 38.1 Å². The molecule has 0 radical (unpaired) electrons. The molecule has 0 aromatic heterocycles. The lowest BCUT2D eigenvalue weighted by Crippen LogP contribution is -2.30. The molecule has 1 rings (SSSR count). The second kappa shape index (κ2) is 6.04. The van der Waals surface area contributed by atoms with Crippen LogP contribution in [0.3, 0.4) is 0 Å². The molecule has 0 amide bonds. The molecule has 3 nitrogen and oxygen atoms in total. The molecule has 0 aliphatic carbocycles. The maximum Gasteiger partial charge on any atom is 0.488 e. The van der Waals surface area contributed by atoms with Gasteiger partial charge < -0.3 is 10.0 Å². The van der Waals surface area contributed by atoms with Crippen LogP contribution in [0.4, 0.5) is 0 Å². The summed E-state index contributed by atoms with van der Waals surface area (Å²) in [5, 5.41) is 18.0. The van der Waals surface area contributed by atoms with Gasteiger partial charge in [0.15, 0.2) is 0 Å². The third-order valence-electron chi connectivity index (χ3n) is 3.08. The van der Waals surface area contributed by atoms with Gasteiger partial charge in [-0.25, -0.2) is 0 Å². The Morgan fingerprint density at radius 1 is 1.12 bits per heavy atom. The molecule has 0 bridgehead atoms. The van der Waals surface area contributed by atoms with E-state index in [1.54, 1.807) is 12.1 Å². The largest absolute Gasteiger partial charge is 0.488 e. The Morgan fingerprint density at radius 3 is 2.00 bits per heavy atom. The molecule has 1 unspecified atom stereocenters. The van der Waals surface area contributed by atoms with Crippen molar-refractivity contribution in [1.29, 1.82) is 0 Å². The van der Waals surface area contributed by atoms with E-state index in [0.29, 0.717) is 11.5 Å². The smallest absolute Gasteiger partial charge is 0.423 e. The zero-order chi connectivity index (χ0) is 12.1. The fourth-order valence-electron chi connectivity index (χ4n) is 1.93. The first-order valence-electron chi connectivity index (χ1n) is 5.80. The molecule has 2 N–H and O–H groups in total. The van der Waals surface area contributed by atoms with Crippen molar-refractivity contribution in [3.05, 3.63) is 29.8 Å². The Morgan fingerprint density at radius 2 is 1.62 bits per heavy atom. The Balaban J connectivity index is 2.80. The molecular formula is C12H20BNO2. The molecule has 1 aromatic rings. The van der Waals surface area contributed by atoms with E-state index < -0.39 is 7.12 Å². The normalized spacial score (nSPS) is 12.9. The first kappa shape index (κ1) is 13.2. The minimum absolute atomic E-state index is 0.361. The van der Waals surface area contributed by atoms with Gasteiger partial charge in [0.2, 0.25) is 0 Å². The van der Waals surface area contributed by atoms with Crippen molar-refractivity contribution in [3.8, 4) is 0 Å². The number of rotatable bonds is 5. The van der Waals surface area contributed by atoms with Crippen LogP contribution in [0.25, 0.3) is 0 Å². The predicted molar refractivity (Wildman–Crippen MR) is 67.6 cm³/mol. The van der Waals surface area contributed by atoms with Crippen molar-refractivity contribution in [3.63, 3.8) is 0 Å². The average molecular weight is 221 g/mol. The topological polar surface area (TPSA) is 43.7 Å². The Bertz CT molecular complexity index is 309. The second-order valence-corrected chi connectivity index (χ2v) is 3.94. The van der Waals surface area contributed by atoms with Crippen molar-refractivity contribution in [2.75, 3.05) is 13.1 Å². The summed E-state index contributed by atoms with van der Waals surface area (Å²) in [6.07, 6.45) is 0. The van der Waals surface area contributed by atoms with Crippen molar-refractivity contribution in [2.24, 2.45) is 0 Å². The van der Waals surface area contributed by atoms with Crippen LogP contribution in [0.2, 0.25) is 0 Å². The Labute approximate surface area is 97.9 Å². The van der Waals surface area contributed by atoms with Gasteiger partial charge in [0, 0.05) is 6.04 Å². The molecule has 16 heavy (non-hydrogen) atoms. The monoisotopic (exact) mass is 221 g/mol. The lowest BCUT2D eigenvalue weighted by molar-refractivity contribution is 0.234. The maximum atomic E-state index is 9.00. The van der Waals surface area contributed by atoms with Gasteiger partial charge in [-0.2, -0.15) is 0 Å². The minimum Gasteiger partial charge on any atom is -0.423 e. The molecular weight excluding hydrogens is 201 g/mol. The van der Waals surface area contributed by atoms with E-state index in [1.165, 1.54) is 5.56 Å². The van der Waals surface area contributed by atoms with Gasteiger partial charge >= 0.3 is 7.12 Å². The van der Waals surface area contributed by atoms with Crippen LogP contribution < -0.4 is 5.46 Å². The summed E-state index contributed by atoms with van der Waals surface area (Å²) in [6, 6.07) is 7.80. The summed E-state index contributed by atoms with van der Waals surface area (Å²) in [6.45, 7) is 8.49. The highest BCUT2D eigenvalue weighted by Crippen LogP contribution is 2.18. The van der Waals surface area contributed by atoms with E-state index in [9.17, 15) is 0 Å². The molecule has 0 heterocycles. The molecule has 0 saturated heterocycles. The van der Waals surface area contributed by atoms with Gasteiger partial charge in [0.05, 0.1) is 0 Å². The predicted octanol–water partition coefficient (Wildman–Crippen LogP) is 0.769. The van der Waals surface area contributed by atoms with Crippen molar-refractivity contribution in [2.45, 2.75) is 26.8 Å². The van der Waals surface area contributed by atoms with Crippen LogP contribution in [0.1, 0.15) is 32.4 Å². The zero-order valence-corrected chi connectivity index (χ0v) is 10.2. The number of benzene rings is 1. The standard InChI is InChI=1S/C12H20BNO2/c1-4-14(5-2)10(3)11-6-8-12(9-7-11)13(15)16/h6-10,15-16H,4-5H2,1-3H3. The summed E-state index contributed by atoms with van der Waals surface area (Å²) >= 11 is 0. The second-order valence-electron chi connectivity index (χ2n) is 3.94. The van der Waals surface area contributed by atoms with Gasteiger partial charge in [-0.3, -0.25) is 4.90 Å². The zero-order valence-electron chi connectivity index (χ0n) is 10.2. The third kappa shape index (κ3) is 3.08. The Kier molecular flexibility index (Phi) is 4.99. The molecule has 0 aliphatic heterocycles. The lowest BCUT2D eigenvalue weighted by Gasteiger charge is -2.26. The van der Waals surface area contributed by atoms with E-state index in [0.717, 1.165) is 13.1 Å².